The Hall–Kier alpha value is -1.59. The minimum atomic E-state index is -0.905. The maximum Gasteiger partial charge on any atom is 0.305 e. The molecule has 144 valence electrons. The number of carbonyl (C=O) groups excluding carboxylic acids is 2. The van der Waals surface area contributed by atoms with Gasteiger partial charge < -0.3 is 14.9 Å². The van der Waals surface area contributed by atoms with Crippen molar-refractivity contribution in [3.05, 3.63) is 0 Å². The third-order valence-electron chi connectivity index (χ3n) is 7.33. The molecule has 0 aromatic rings. The second-order valence-electron chi connectivity index (χ2n) is 9.26. The lowest BCUT2D eigenvalue weighted by Crippen LogP contribution is -2.57. The Morgan fingerprint density at radius 2 is 1.65 bits per heavy atom. The molecule has 1 aliphatic heterocycles. The first-order valence-electron chi connectivity index (χ1n) is 10.2. The third-order valence-corrected chi connectivity index (χ3v) is 7.33. The van der Waals surface area contributed by atoms with Gasteiger partial charge in [0.05, 0.1) is 11.8 Å². The normalized spacial score (nSPS) is 37.8. The molecule has 4 saturated carbocycles. The van der Waals surface area contributed by atoms with Crippen molar-refractivity contribution >= 4 is 17.8 Å². The van der Waals surface area contributed by atoms with Gasteiger partial charge in [0.15, 0.2) is 0 Å². The van der Waals surface area contributed by atoms with Gasteiger partial charge in [-0.15, -0.1) is 0 Å². The summed E-state index contributed by atoms with van der Waals surface area (Å²) in [6, 6.07) is -0.394. The highest BCUT2D eigenvalue weighted by atomic mass is 16.4. The molecular weight excluding hydrogens is 332 g/mol. The molecule has 6 nitrogen and oxygen atoms in total. The first kappa shape index (κ1) is 17.8. The van der Waals surface area contributed by atoms with Crippen LogP contribution >= 0.6 is 0 Å². The van der Waals surface area contributed by atoms with Crippen molar-refractivity contribution in [3.63, 3.8) is 0 Å². The predicted octanol–water partition coefficient (Wildman–Crippen LogP) is 2.13. The van der Waals surface area contributed by atoms with Gasteiger partial charge in [0, 0.05) is 20.1 Å². The average molecular weight is 362 g/mol. The van der Waals surface area contributed by atoms with E-state index in [0.717, 1.165) is 25.7 Å². The molecule has 4 bridgehead atoms. The van der Waals surface area contributed by atoms with Crippen molar-refractivity contribution in [2.75, 3.05) is 20.1 Å². The zero-order valence-electron chi connectivity index (χ0n) is 15.7. The summed E-state index contributed by atoms with van der Waals surface area (Å²) in [6.07, 6.45) is 8.46. The number of carboxylic acids is 1. The maximum absolute atomic E-state index is 13.6. The first-order valence-corrected chi connectivity index (χ1v) is 10.2. The number of rotatable bonds is 5. The molecule has 1 heterocycles. The molecule has 0 spiro atoms. The molecule has 0 aromatic heterocycles. The molecule has 5 aliphatic rings. The van der Waals surface area contributed by atoms with E-state index in [2.05, 4.69) is 0 Å². The Bertz CT molecular complexity index is 582. The van der Waals surface area contributed by atoms with Crippen LogP contribution in [0.25, 0.3) is 0 Å². The van der Waals surface area contributed by atoms with Gasteiger partial charge in [0.25, 0.3) is 0 Å². The minimum absolute atomic E-state index is 0.0577. The smallest absolute Gasteiger partial charge is 0.305 e. The minimum Gasteiger partial charge on any atom is -0.481 e. The van der Waals surface area contributed by atoms with Gasteiger partial charge in [-0.25, -0.2) is 0 Å². The standard InChI is InChI=1S/C20H30N2O4/c1-21(6-4-17(23)24)18(25)16-3-2-5-22(16)19(26)20-10-13-7-14(11-20)9-15(8-13)12-20/h13-16H,2-12H2,1H3,(H,23,24). The SMILES string of the molecule is CN(CCC(=O)O)C(=O)C1CCCN1C(=O)C12CC3CC(CC(C3)C1)C2. The molecule has 0 aromatic carbocycles. The number of hydrogen-bond donors (Lipinski definition) is 1. The van der Waals surface area contributed by atoms with E-state index in [9.17, 15) is 14.4 Å². The van der Waals surface area contributed by atoms with Crippen molar-refractivity contribution in [1.29, 1.82) is 0 Å². The van der Waals surface area contributed by atoms with Crippen molar-refractivity contribution in [2.24, 2.45) is 23.2 Å². The van der Waals surface area contributed by atoms with E-state index in [1.165, 1.54) is 24.2 Å². The Morgan fingerprint density at radius 3 is 2.19 bits per heavy atom. The Kier molecular flexibility index (Phi) is 4.48. The largest absolute Gasteiger partial charge is 0.481 e. The molecule has 1 unspecified atom stereocenters. The van der Waals surface area contributed by atoms with Crippen molar-refractivity contribution in [1.82, 2.24) is 9.80 Å². The number of likely N-dealkylation sites (N-methyl/N-ethyl adjacent to an activating group) is 1. The number of carboxylic acid groups (broad SMARTS) is 1. The van der Waals surface area contributed by atoms with Crippen LogP contribution in [0.2, 0.25) is 0 Å². The van der Waals surface area contributed by atoms with Crippen LogP contribution in [0.15, 0.2) is 0 Å². The van der Waals surface area contributed by atoms with Crippen LogP contribution in [0.1, 0.15) is 57.8 Å². The molecule has 0 radical (unpaired) electrons. The summed E-state index contributed by atoms with van der Waals surface area (Å²) < 4.78 is 0. The van der Waals surface area contributed by atoms with E-state index in [0.29, 0.717) is 30.7 Å². The van der Waals surface area contributed by atoms with E-state index in [4.69, 9.17) is 5.11 Å². The van der Waals surface area contributed by atoms with Gasteiger partial charge in [-0.3, -0.25) is 14.4 Å². The lowest BCUT2D eigenvalue weighted by atomic mass is 9.49. The molecule has 4 aliphatic carbocycles. The number of carbonyl (C=O) groups is 3. The van der Waals surface area contributed by atoms with Crippen molar-refractivity contribution < 1.29 is 19.5 Å². The molecule has 1 N–H and O–H groups in total. The highest BCUT2D eigenvalue weighted by Gasteiger charge is 2.56. The fourth-order valence-electron chi connectivity index (χ4n) is 6.57. The summed E-state index contributed by atoms with van der Waals surface area (Å²) in [7, 11) is 1.65. The topological polar surface area (TPSA) is 77.9 Å². The predicted molar refractivity (Wildman–Crippen MR) is 95.2 cm³/mol. The molecule has 6 heteroatoms. The number of nitrogens with zero attached hydrogens (tertiary/aromatic N) is 2. The molecule has 5 rings (SSSR count). The highest BCUT2D eigenvalue weighted by molar-refractivity contribution is 5.91. The number of amides is 2. The summed E-state index contributed by atoms with van der Waals surface area (Å²) in [4.78, 5) is 40.5. The van der Waals surface area contributed by atoms with E-state index in [1.807, 2.05) is 4.90 Å². The van der Waals surface area contributed by atoms with E-state index in [-0.39, 0.29) is 30.2 Å². The summed E-state index contributed by atoms with van der Waals surface area (Å²) in [5.41, 5.74) is -0.211. The second-order valence-corrected chi connectivity index (χ2v) is 9.26. The molecule has 5 fully saturated rings. The fourth-order valence-corrected chi connectivity index (χ4v) is 6.57. The Labute approximate surface area is 154 Å². The summed E-state index contributed by atoms with van der Waals surface area (Å²) >= 11 is 0. The van der Waals surface area contributed by atoms with Crippen LogP contribution in [0.3, 0.4) is 0 Å². The van der Waals surface area contributed by atoms with E-state index < -0.39 is 12.0 Å². The van der Waals surface area contributed by atoms with Crippen LogP contribution < -0.4 is 0 Å². The van der Waals surface area contributed by atoms with Crippen LogP contribution in [0.5, 0.6) is 0 Å². The monoisotopic (exact) mass is 362 g/mol. The second kappa shape index (κ2) is 6.54. The lowest BCUT2D eigenvalue weighted by Gasteiger charge is -2.56. The van der Waals surface area contributed by atoms with Crippen molar-refractivity contribution in [2.45, 2.75) is 63.8 Å². The molecule has 1 atom stereocenters. The zero-order valence-corrected chi connectivity index (χ0v) is 15.7. The van der Waals surface area contributed by atoms with Gasteiger partial charge in [-0.05, 0) is 69.1 Å². The van der Waals surface area contributed by atoms with Gasteiger partial charge in [-0.1, -0.05) is 0 Å². The van der Waals surface area contributed by atoms with Gasteiger partial charge in [0.2, 0.25) is 11.8 Å². The van der Waals surface area contributed by atoms with Crippen LogP contribution in [0.4, 0.5) is 0 Å². The summed E-state index contributed by atoms with van der Waals surface area (Å²) in [5.74, 6) is 1.35. The number of aliphatic carboxylic acids is 1. The van der Waals surface area contributed by atoms with Gasteiger partial charge in [-0.2, -0.15) is 0 Å². The highest BCUT2D eigenvalue weighted by Crippen LogP contribution is 2.60. The average Bonchev–Trinajstić information content (AvgIpc) is 3.06. The van der Waals surface area contributed by atoms with Gasteiger partial charge in [0.1, 0.15) is 6.04 Å². The van der Waals surface area contributed by atoms with Crippen LogP contribution in [-0.2, 0) is 14.4 Å². The summed E-state index contributed by atoms with van der Waals surface area (Å²) in [6.45, 7) is 0.869. The van der Waals surface area contributed by atoms with Gasteiger partial charge >= 0.3 is 5.97 Å². The number of likely N-dealkylation sites (tertiary alicyclic amines) is 1. The Balaban J connectivity index is 1.47. The number of hydrogen-bond acceptors (Lipinski definition) is 3. The van der Waals surface area contributed by atoms with E-state index >= 15 is 0 Å². The quantitative estimate of drug-likeness (QED) is 0.813. The van der Waals surface area contributed by atoms with Crippen molar-refractivity contribution in [3.8, 4) is 0 Å². The third kappa shape index (κ3) is 3.01. The van der Waals surface area contributed by atoms with E-state index in [1.54, 1.807) is 7.05 Å². The molecule has 1 saturated heterocycles. The fraction of sp³-hybridized carbons (Fsp3) is 0.850. The molecule has 26 heavy (non-hydrogen) atoms. The summed E-state index contributed by atoms with van der Waals surface area (Å²) in [5, 5.41) is 8.84. The Morgan fingerprint density at radius 1 is 1.08 bits per heavy atom. The van der Waals surface area contributed by atoms with Crippen LogP contribution in [-0.4, -0.2) is 58.9 Å². The van der Waals surface area contributed by atoms with Crippen LogP contribution in [0, 0.1) is 23.2 Å². The first-order chi connectivity index (χ1) is 12.4. The molecular formula is C20H30N2O4. The zero-order chi connectivity index (χ0) is 18.5. The molecule has 2 amide bonds. The maximum atomic E-state index is 13.6. The lowest BCUT2D eigenvalue weighted by molar-refractivity contribution is -0.162.